The van der Waals surface area contributed by atoms with E-state index in [0.29, 0.717) is 24.7 Å². The van der Waals surface area contributed by atoms with Crippen molar-refractivity contribution < 1.29 is 4.79 Å². The number of hydrogen-bond donors (Lipinski definition) is 3. The van der Waals surface area contributed by atoms with Gasteiger partial charge in [0.15, 0.2) is 5.96 Å². The van der Waals surface area contributed by atoms with Crippen LogP contribution in [0.3, 0.4) is 0 Å². The van der Waals surface area contributed by atoms with Gasteiger partial charge >= 0.3 is 0 Å². The fraction of sp³-hybridized carbons (Fsp3) is 0.417. The molecule has 0 bridgehead atoms. The Labute approximate surface area is 202 Å². The number of hydrogen-bond acceptors (Lipinski definition) is 3. The molecular weight excluding hydrogens is 501 g/mol. The van der Waals surface area contributed by atoms with E-state index in [1.165, 1.54) is 18.4 Å². The number of aliphatic imine (C=N–C) groups is 1. The molecule has 0 aliphatic carbocycles. The van der Waals surface area contributed by atoms with Crippen LogP contribution in [0, 0.1) is 0 Å². The Morgan fingerprint density at radius 2 is 1.77 bits per heavy atom. The van der Waals surface area contributed by atoms with Crippen LogP contribution in [-0.4, -0.2) is 50.0 Å². The zero-order valence-electron chi connectivity index (χ0n) is 18.4. The van der Waals surface area contributed by atoms with Crippen molar-refractivity contribution in [2.45, 2.75) is 32.4 Å². The molecule has 0 saturated carbocycles. The summed E-state index contributed by atoms with van der Waals surface area (Å²) in [6, 6.07) is 18.7. The Morgan fingerprint density at radius 1 is 1.03 bits per heavy atom. The number of benzene rings is 2. The number of guanidine groups is 1. The van der Waals surface area contributed by atoms with Gasteiger partial charge in [-0.05, 0) is 56.1 Å². The average Bonchev–Trinajstić information content (AvgIpc) is 3.32. The molecule has 7 heteroatoms. The molecule has 6 nitrogen and oxygen atoms in total. The monoisotopic (exact) mass is 535 g/mol. The molecular formula is C24H34IN5O. The van der Waals surface area contributed by atoms with Crippen LogP contribution in [0.2, 0.25) is 0 Å². The lowest BCUT2D eigenvalue weighted by molar-refractivity contribution is 0.0955. The first-order valence-corrected chi connectivity index (χ1v) is 10.8. The molecule has 1 heterocycles. The second kappa shape index (κ2) is 13.3. The van der Waals surface area contributed by atoms with E-state index in [2.05, 4.69) is 56.2 Å². The highest BCUT2D eigenvalue weighted by Crippen LogP contribution is 2.24. The van der Waals surface area contributed by atoms with E-state index in [4.69, 9.17) is 0 Å². The molecule has 0 radical (unpaired) electrons. The minimum Gasteiger partial charge on any atom is -0.354 e. The topological polar surface area (TPSA) is 68.8 Å². The summed E-state index contributed by atoms with van der Waals surface area (Å²) in [4.78, 5) is 19.0. The first-order valence-electron chi connectivity index (χ1n) is 10.8. The number of likely N-dealkylation sites (tertiary alicyclic amines) is 1. The van der Waals surface area contributed by atoms with Gasteiger partial charge in [0, 0.05) is 32.2 Å². The zero-order valence-corrected chi connectivity index (χ0v) is 20.8. The number of amides is 1. The minimum atomic E-state index is -0.0434. The maximum Gasteiger partial charge on any atom is 0.251 e. The summed E-state index contributed by atoms with van der Waals surface area (Å²) < 4.78 is 0. The van der Waals surface area contributed by atoms with E-state index >= 15 is 0 Å². The van der Waals surface area contributed by atoms with E-state index in [1.54, 1.807) is 7.05 Å². The summed E-state index contributed by atoms with van der Waals surface area (Å²) in [5.74, 6) is 0.719. The third kappa shape index (κ3) is 7.50. The zero-order chi connectivity index (χ0) is 21.2. The Hall–Kier alpha value is -2.13. The van der Waals surface area contributed by atoms with Gasteiger partial charge in [0.25, 0.3) is 5.91 Å². The van der Waals surface area contributed by atoms with Crippen molar-refractivity contribution in [3.63, 3.8) is 0 Å². The molecule has 0 aromatic heterocycles. The fourth-order valence-electron chi connectivity index (χ4n) is 3.87. The third-order valence-corrected chi connectivity index (χ3v) is 5.44. The number of halogens is 1. The molecule has 31 heavy (non-hydrogen) atoms. The molecule has 1 unspecified atom stereocenters. The first-order chi connectivity index (χ1) is 14.7. The van der Waals surface area contributed by atoms with E-state index in [0.717, 1.165) is 31.2 Å². The predicted octanol–water partition coefficient (Wildman–Crippen LogP) is 3.56. The van der Waals surface area contributed by atoms with Crippen LogP contribution in [0.5, 0.6) is 0 Å². The second-order valence-corrected chi connectivity index (χ2v) is 7.54. The number of rotatable bonds is 8. The molecule has 1 saturated heterocycles. The second-order valence-electron chi connectivity index (χ2n) is 7.54. The maximum atomic E-state index is 12.1. The van der Waals surface area contributed by atoms with Gasteiger partial charge in [-0.1, -0.05) is 42.5 Å². The molecule has 168 valence electrons. The van der Waals surface area contributed by atoms with E-state index in [1.807, 2.05) is 31.2 Å². The highest BCUT2D eigenvalue weighted by Gasteiger charge is 2.23. The highest BCUT2D eigenvalue weighted by molar-refractivity contribution is 14.0. The lowest BCUT2D eigenvalue weighted by atomic mass is 10.1. The summed E-state index contributed by atoms with van der Waals surface area (Å²) in [6.45, 7) is 6.22. The molecule has 1 atom stereocenters. The molecule has 2 aromatic carbocycles. The summed E-state index contributed by atoms with van der Waals surface area (Å²) >= 11 is 0. The van der Waals surface area contributed by atoms with Crippen LogP contribution < -0.4 is 16.0 Å². The van der Waals surface area contributed by atoms with Crippen molar-refractivity contribution in [2.24, 2.45) is 4.99 Å². The van der Waals surface area contributed by atoms with Gasteiger partial charge in [-0.15, -0.1) is 24.0 Å². The average molecular weight is 535 g/mol. The third-order valence-electron chi connectivity index (χ3n) is 5.44. The van der Waals surface area contributed by atoms with Crippen molar-refractivity contribution in [3.05, 3.63) is 71.3 Å². The standard InChI is InChI=1S/C24H33N5O.HI/c1-3-26-23(30)21-13-9-10-19(16-21)17-27-24(25-2)28-18-22(29-14-7-8-15-29)20-11-5-4-6-12-20;/h4-6,9-13,16,22H,3,7-8,14-15,17-18H2,1-2H3,(H,26,30)(H2,25,27,28);1H. The number of carbonyl (C=O) groups excluding carboxylic acids is 1. The van der Waals surface area contributed by atoms with Crippen molar-refractivity contribution >= 4 is 35.8 Å². The Kier molecular flexibility index (Phi) is 10.8. The van der Waals surface area contributed by atoms with E-state index < -0.39 is 0 Å². The van der Waals surface area contributed by atoms with Gasteiger partial charge in [-0.2, -0.15) is 0 Å². The predicted molar refractivity (Wildman–Crippen MR) is 138 cm³/mol. The Bertz CT molecular complexity index is 837. The van der Waals surface area contributed by atoms with Gasteiger partial charge < -0.3 is 16.0 Å². The smallest absolute Gasteiger partial charge is 0.251 e. The van der Waals surface area contributed by atoms with E-state index in [9.17, 15) is 4.79 Å². The van der Waals surface area contributed by atoms with Gasteiger partial charge in [0.1, 0.15) is 0 Å². The highest BCUT2D eigenvalue weighted by atomic mass is 127. The summed E-state index contributed by atoms with van der Waals surface area (Å²) in [5, 5.41) is 9.70. The molecule has 1 aliphatic heterocycles. The van der Waals surface area contributed by atoms with Gasteiger partial charge in [0.05, 0.1) is 6.04 Å². The molecule has 1 fully saturated rings. The molecule has 3 rings (SSSR count). The van der Waals surface area contributed by atoms with Gasteiger partial charge in [-0.3, -0.25) is 14.7 Å². The Morgan fingerprint density at radius 3 is 2.45 bits per heavy atom. The van der Waals surface area contributed by atoms with Crippen molar-refractivity contribution in [1.82, 2.24) is 20.9 Å². The summed E-state index contributed by atoms with van der Waals surface area (Å²) in [7, 11) is 1.79. The minimum absolute atomic E-state index is 0. The normalized spacial score (nSPS) is 15.1. The molecule has 3 N–H and O–H groups in total. The van der Waals surface area contributed by atoms with Crippen LogP contribution in [0.15, 0.2) is 59.6 Å². The Balaban J connectivity index is 0.00000341. The largest absolute Gasteiger partial charge is 0.354 e. The molecule has 2 aromatic rings. The van der Waals surface area contributed by atoms with Crippen LogP contribution in [0.25, 0.3) is 0 Å². The van der Waals surface area contributed by atoms with Crippen LogP contribution in [0.4, 0.5) is 0 Å². The molecule has 1 amide bonds. The number of nitrogens with zero attached hydrogens (tertiary/aromatic N) is 2. The van der Waals surface area contributed by atoms with Crippen LogP contribution in [-0.2, 0) is 6.54 Å². The number of nitrogens with one attached hydrogen (secondary N) is 3. The van der Waals surface area contributed by atoms with Gasteiger partial charge in [-0.25, -0.2) is 0 Å². The molecule has 0 spiro atoms. The lowest BCUT2D eigenvalue weighted by Gasteiger charge is -2.29. The van der Waals surface area contributed by atoms with Crippen LogP contribution >= 0.6 is 24.0 Å². The fourth-order valence-corrected chi connectivity index (χ4v) is 3.87. The SMILES string of the molecule is CCNC(=O)c1cccc(CNC(=NC)NCC(c2ccccc2)N2CCCC2)c1.I. The number of carbonyl (C=O) groups is 1. The van der Waals surface area contributed by atoms with Crippen LogP contribution in [0.1, 0.15) is 47.3 Å². The maximum absolute atomic E-state index is 12.1. The van der Waals surface area contributed by atoms with E-state index in [-0.39, 0.29) is 29.9 Å². The molecule has 1 aliphatic rings. The van der Waals surface area contributed by atoms with Crippen molar-refractivity contribution in [1.29, 1.82) is 0 Å². The summed E-state index contributed by atoms with van der Waals surface area (Å²) in [6.07, 6.45) is 2.52. The lowest BCUT2D eigenvalue weighted by Crippen LogP contribution is -2.42. The summed E-state index contributed by atoms with van der Waals surface area (Å²) in [5.41, 5.74) is 3.05. The van der Waals surface area contributed by atoms with Gasteiger partial charge in [0.2, 0.25) is 0 Å². The first kappa shape index (κ1) is 25.1. The van der Waals surface area contributed by atoms with Crippen molar-refractivity contribution in [3.8, 4) is 0 Å². The van der Waals surface area contributed by atoms with Crippen molar-refractivity contribution in [2.75, 3.05) is 33.2 Å². The quantitative estimate of drug-likeness (QED) is 0.275.